The van der Waals surface area contributed by atoms with Crippen LogP contribution in [0.4, 0.5) is 8.78 Å². The van der Waals surface area contributed by atoms with E-state index < -0.39 is 0 Å². The number of hydrogen-bond donors (Lipinski definition) is 0. The van der Waals surface area contributed by atoms with Gasteiger partial charge in [-0.2, -0.15) is 0 Å². The molecule has 0 bridgehead atoms. The minimum atomic E-state index is -0.238. The van der Waals surface area contributed by atoms with Crippen LogP contribution in [0.3, 0.4) is 0 Å². The van der Waals surface area contributed by atoms with E-state index in [0.29, 0.717) is 22.2 Å². The molecule has 0 saturated carbocycles. The number of aromatic nitrogens is 2. The van der Waals surface area contributed by atoms with Crippen molar-refractivity contribution in [2.45, 2.75) is 0 Å². The van der Waals surface area contributed by atoms with Gasteiger partial charge in [-0.1, -0.05) is 0 Å². The summed E-state index contributed by atoms with van der Waals surface area (Å²) in [5, 5.41) is 11.9. The quantitative estimate of drug-likeness (QED) is 0.128. The number of fused-ring (bicyclic) bond motifs is 11. The molecule has 0 radical (unpaired) electrons. The van der Waals surface area contributed by atoms with Crippen LogP contribution >= 0.6 is 22.7 Å². The molecule has 0 spiro atoms. The third-order valence-electron chi connectivity index (χ3n) is 10.2. The van der Waals surface area contributed by atoms with E-state index >= 15 is 8.78 Å². The topological polar surface area (TPSA) is 25.8 Å². The van der Waals surface area contributed by atoms with E-state index in [1.807, 2.05) is 108 Å². The third kappa shape index (κ3) is 4.31. The predicted molar refractivity (Wildman–Crippen MR) is 220 cm³/mol. The van der Waals surface area contributed by atoms with E-state index in [4.69, 9.17) is 0 Å². The van der Waals surface area contributed by atoms with E-state index in [1.54, 1.807) is 0 Å². The van der Waals surface area contributed by atoms with E-state index in [0.717, 1.165) is 52.0 Å². The molecule has 0 fully saturated rings. The van der Waals surface area contributed by atoms with Crippen molar-refractivity contribution in [1.29, 1.82) is 0 Å². The number of pyridine rings is 2. The van der Waals surface area contributed by atoms with Crippen molar-refractivity contribution in [3.63, 3.8) is 0 Å². The van der Waals surface area contributed by atoms with Crippen LogP contribution in [0.25, 0.3) is 112 Å². The average molecular weight is 837 g/mol. The number of rotatable bonds is 2. The SMILES string of the molecule is Fc1c(-c2cc3cc4c(cc3[se]2)sc2c3cc5cc(-c6ncc7cc8ccccc8cc7c6F)[se]c5cc3sc42)ncc2cc3ccccc3cc12. The van der Waals surface area contributed by atoms with Crippen molar-refractivity contribution in [1.82, 2.24) is 9.97 Å². The summed E-state index contributed by atoms with van der Waals surface area (Å²) in [6.07, 6.45) is 3.62. The molecule has 0 aliphatic rings. The summed E-state index contributed by atoms with van der Waals surface area (Å²) < 4.78 is 41.7. The van der Waals surface area contributed by atoms with Gasteiger partial charge in [0.05, 0.1) is 0 Å². The Hall–Kier alpha value is -4.78. The average Bonchev–Trinajstić information content (AvgIpc) is 3.93. The van der Waals surface area contributed by atoms with Crippen molar-refractivity contribution in [2.24, 2.45) is 0 Å². The Labute approximate surface area is 313 Å². The van der Waals surface area contributed by atoms with Gasteiger partial charge in [-0.15, -0.1) is 0 Å². The second-order valence-corrected chi connectivity index (χ2v) is 19.9. The van der Waals surface area contributed by atoms with Crippen molar-refractivity contribution in [3.05, 3.63) is 133 Å². The van der Waals surface area contributed by atoms with Gasteiger partial charge in [0, 0.05) is 0 Å². The molecular weight excluding hydrogens is 817 g/mol. The first-order valence-corrected chi connectivity index (χ1v) is 21.8. The molecule has 0 aliphatic carbocycles. The van der Waals surface area contributed by atoms with Gasteiger partial charge in [0.2, 0.25) is 0 Å². The second-order valence-electron chi connectivity index (χ2n) is 13.3. The first-order chi connectivity index (χ1) is 25.5. The van der Waals surface area contributed by atoms with Crippen LogP contribution in [-0.2, 0) is 0 Å². The Morgan fingerprint density at radius 3 is 1.27 bits per heavy atom. The second kappa shape index (κ2) is 10.9. The summed E-state index contributed by atoms with van der Waals surface area (Å²) in [5.74, 6) is -0.477. The zero-order valence-electron chi connectivity index (χ0n) is 26.8. The van der Waals surface area contributed by atoms with Crippen molar-refractivity contribution >= 4 is 144 Å². The molecular formula is C44H20F2N2S2Se2. The molecule has 12 aromatic rings. The van der Waals surface area contributed by atoms with Crippen molar-refractivity contribution in [3.8, 4) is 20.3 Å². The number of halogens is 2. The van der Waals surface area contributed by atoms with Gasteiger partial charge < -0.3 is 0 Å². The molecule has 12 rings (SSSR count). The Morgan fingerprint density at radius 2 is 0.827 bits per heavy atom. The fourth-order valence-electron chi connectivity index (χ4n) is 7.65. The van der Waals surface area contributed by atoms with Crippen molar-refractivity contribution in [2.75, 3.05) is 0 Å². The number of hydrogen-bond acceptors (Lipinski definition) is 4. The van der Waals surface area contributed by atoms with Gasteiger partial charge in [-0.05, 0) is 0 Å². The molecule has 2 nitrogen and oxygen atoms in total. The molecule has 244 valence electrons. The van der Waals surface area contributed by atoms with Crippen molar-refractivity contribution < 1.29 is 8.78 Å². The zero-order chi connectivity index (χ0) is 34.2. The predicted octanol–water partition coefficient (Wildman–Crippen LogP) is 12.7. The fraction of sp³-hybridized carbons (Fsp3) is 0. The van der Waals surface area contributed by atoms with Crippen LogP contribution in [0.5, 0.6) is 0 Å². The molecule has 0 aliphatic heterocycles. The maximum atomic E-state index is 16.1. The Bertz CT molecular complexity index is 3290. The van der Waals surface area contributed by atoms with Crippen LogP contribution in [0.1, 0.15) is 0 Å². The van der Waals surface area contributed by atoms with Gasteiger partial charge in [-0.3, -0.25) is 0 Å². The molecule has 52 heavy (non-hydrogen) atoms. The van der Waals surface area contributed by atoms with E-state index in [9.17, 15) is 0 Å². The van der Waals surface area contributed by atoms with E-state index in [2.05, 4.69) is 46.4 Å². The van der Waals surface area contributed by atoms with Gasteiger partial charge >= 0.3 is 316 Å². The Morgan fingerprint density at radius 1 is 0.423 bits per heavy atom. The standard InChI is InChI=1S/C44H20F2N2S2Se2/c45-39-29-11-23-7-3-1-5-21(23)9-27(29)19-47-41(39)37-15-25-13-31-33(17-35(25)51-37)49-44-32-14-26-16-38(52-36(26)18-34(32)50-43(31)44)42-40(46)30-12-24-8-4-2-6-22(24)10-28(30)20-48-42/h1-20H. The summed E-state index contributed by atoms with van der Waals surface area (Å²) >= 11 is 3.57. The zero-order valence-corrected chi connectivity index (χ0v) is 31.9. The maximum absolute atomic E-state index is 16.1. The van der Waals surface area contributed by atoms with Crippen LogP contribution in [0, 0.1) is 11.6 Å². The molecule has 6 aromatic heterocycles. The summed E-state index contributed by atoms with van der Waals surface area (Å²) in [4.78, 5) is 9.29. The number of nitrogens with zero attached hydrogens (tertiary/aromatic N) is 2. The summed E-state index contributed by atoms with van der Waals surface area (Å²) in [6.45, 7) is 0. The van der Waals surface area contributed by atoms with Gasteiger partial charge in [0.15, 0.2) is 0 Å². The molecule has 6 aromatic carbocycles. The summed E-state index contributed by atoms with van der Waals surface area (Å²) in [6, 6.07) is 37.6. The Kier molecular flexibility index (Phi) is 6.22. The number of benzene rings is 6. The number of thiophene rings is 2. The van der Waals surface area contributed by atoms with Crippen LogP contribution in [-0.4, -0.2) is 39.0 Å². The molecule has 6 heterocycles. The van der Waals surface area contributed by atoms with Gasteiger partial charge in [-0.25, -0.2) is 0 Å². The van der Waals surface area contributed by atoms with Crippen LogP contribution in [0.15, 0.2) is 122 Å². The molecule has 0 N–H and O–H groups in total. The summed E-state index contributed by atoms with van der Waals surface area (Å²) in [7, 11) is 0. The van der Waals surface area contributed by atoms with Crippen LogP contribution in [0.2, 0.25) is 0 Å². The fourth-order valence-corrected chi connectivity index (χ4v) is 15.2. The van der Waals surface area contributed by atoms with E-state index in [-0.39, 0.29) is 40.6 Å². The van der Waals surface area contributed by atoms with Crippen LogP contribution < -0.4 is 0 Å². The molecule has 8 heteroatoms. The van der Waals surface area contributed by atoms with Gasteiger partial charge in [0.25, 0.3) is 0 Å². The normalized spacial score (nSPS) is 12.4. The van der Waals surface area contributed by atoms with E-state index in [1.165, 1.54) is 38.1 Å². The molecule has 0 unspecified atom stereocenters. The molecule has 0 amide bonds. The third-order valence-corrected chi connectivity index (χ3v) is 17.3. The summed E-state index contributed by atoms with van der Waals surface area (Å²) in [5.41, 5.74) is 0.927. The van der Waals surface area contributed by atoms with Gasteiger partial charge in [0.1, 0.15) is 0 Å². The molecule has 0 saturated heterocycles. The first-order valence-electron chi connectivity index (χ1n) is 16.7. The molecule has 0 atom stereocenters. The minimum absolute atomic E-state index is 0.0509. The monoisotopic (exact) mass is 838 g/mol. The Balaban J connectivity index is 0.953. The first kappa shape index (κ1) is 29.8.